The molecule has 0 atom stereocenters. The third-order valence-electron chi connectivity index (χ3n) is 4.63. The fourth-order valence-corrected chi connectivity index (χ4v) is 4.65. The lowest BCUT2D eigenvalue weighted by atomic mass is 10.2. The van der Waals surface area contributed by atoms with E-state index in [1.165, 1.54) is 22.5 Å². The number of thioether (sulfide) groups is 1. The minimum atomic E-state index is -0.356. The smallest absolute Gasteiger partial charge is 0.269 e. The van der Waals surface area contributed by atoms with Crippen molar-refractivity contribution in [3.63, 3.8) is 0 Å². The fourth-order valence-electron chi connectivity index (χ4n) is 3.15. The molecule has 0 N–H and O–H groups in total. The van der Waals surface area contributed by atoms with E-state index in [2.05, 4.69) is 4.98 Å². The highest BCUT2D eigenvalue weighted by atomic mass is 32.2. The Morgan fingerprint density at radius 3 is 2.48 bits per heavy atom. The van der Waals surface area contributed by atoms with Crippen molar-refractivity contribution < 1.29 is 14.3 Å². The first kappa shape index (κ1) is 21.1. The molecule has 1 aromatic carbocycles. The van der Waals surface area contributed by atoms with Crippen LogP contribution in [-0.2, 0) is 4.79 Å². The molecule has 1 amide bonds. The Bertz CT molecular complexity index is 1280. The average molecular weight is 454 g/mol. The van der Waals surface area contributed by atoms with E-state index in [-0.39, 0.29) is 29.0 Å². The number of carbonyl (C=O) groups excluding carboxylic acids is 1. The Hall–Kier alpha value is -3.17. The summed E-state index contributed by atoms with van der Waals surface area (Å²) < 4.78 is 13.2. The van der Waals surface area contributed by atoms with Crippen molar-refractivity contribution in [1.29, 1.82) is 0 Å². The number of ether oxygens (including phenoxy) is 2. The van der Waals surface area contributed by atoms with E-state index in [9.17, 15) is 9.59 Å². The van der Waals surface area contributed by atoms with Crippen molar-refractivity contribution in [1.82, 2.24) is 14.3 Å². The number of thiocarbonyl (C=S) groups is 1. The molecule has 1 fully saturated rings. The standard InChI is InChI=1S/C22H19N3O4S2/c1-13(2)25-21(27)17(31-22(25)30)12-14-19(29-16-9-5-4-8-15(16)28-3)23-18-10-6-7-11-24(18)20(14)26/h4-13H,1-3H3/b17-12-. The van der Waals surface area contributed by atoms with E-state index in [0.29, 0.717) is 26.4 Å². The first-order valence-corrected chi connectivity index (χ1v) is 10.7. The van der Waals surface area contributed by atoms with Gasteiger partial charge in [0.2, 0.25) is 5.88 Å². The minimum Gasteiger partial charge on any atom is -0.493 e. The molecule has 31 heavy (non-hydrogen) atoms. The normalized spacial score (nSPS) is 15.4. The SMILES string of the molecule is COc1ccccc1Oc1nc2ccccn2c(=O)c1/C=C1\SC(=S)N(C(C)C)C1=O. The molecular weight excluding hydrogens is 434 g/mol. The van der Waals surface area contributed by atoms with Crippen molar-refractivity contribution in [3.05, 3.63) is 69.5 Å². The predicted molar refractivity (Wildman–Crippen MR) is 125 cm³/mol. The number of benzene rings is 1. The summed E-state index contributed by atoms with van der Waals surface area (Å²) >= 11 is 6.50. The van der Waals surface area contributed by atoms with Crippen LogP contribution in [-0.4, -0.2) is 37.7 Å². The highest BCUT2D eigenvalue weighted by Gasteiger charge is 2.34. The summed E-state index contributed by atoms with van der Waals surface area (Å²) in [4.78, 5) is 32.5. The number of fused-ring (bicyclic) bond motifs is 1. The van der Waals surface area contributed by atoms with Crippen molar-refractivity contribution >= 4 is 45.9 Å². The van der Waals surface area contributed by atoms with Crippen LogP contribution >= 0.6 is 24.0 Å². The molecule has 1 aliphatic heterocycles. The van der Waals surface area contributed by atoms with Gasteiger partial charge in [-0.1, -0.05) is 42.2 Å². The molecule has 7 nitrogen and oxygen atoms in total. The summed E-state index contributed by atoms with van der Waals surface area (Å²) in [5.74, 6) is 0.734. The van der Waals surface area contributed by atoms with Crippen molar-refractivity contribution in [2.75, 3.05) is 7.11 Å². The molecule has 0 radical (unpaired) electrons. The maximum Gasteiger partial charge on any atom is 0.269 e. The Morgan fingerprint density at radius 2 is 1.81 bits per heavy atom. The maximum atomic E-state index is 13.3. The highest BCUT2D eigenvalue weighted by molar-refractivity contribution is 8.26. The van der Waals surface area contributed by atoms with Crippen LogP contribution in [0.5, 0.6) is 17.4 Å². The van der Waals surface area contributed by atoms with E-state index in [4.69, 9.17) is 21.7 Å². The second kappa shape index (κ2) is 8.52. The van der Waals surface area contributed by atoms with Crippen LogP contribution in [0.4, 0.5) is 0 Å². The monoisotopic (exact) mass is 453 g/mol. The molecule has 4 rings (SSSR count). The zero-order valence-corrected chi connectivity index (χ0v) is 18.7. The van der Waals surface area contributed by atoms with E-state index < -0.39 is 0 Å². The van der Waals surface area contributed by atoms with Crippen LogP contribution < -0.4 is 15.0 Å². The van der Waals surface area contributed by atoms with E-state index in [0.717, 1.165) is 11.8 Å². The number of pyridine rings is 1. The first-order chi connectivity index (χ1) is 14.9. The lowest BCUT2D eigenvalue weighted by Gasteiger charge is -2.18. The molecule has 0 bridgehead atoms. The second-order valence-corrected chi connectivity index (χ2v) is 8.64. The summed E-state index contributed by atoms with van der Waals surface area (Å²) in [6.07, 6.45) is 3.12. The van der Waals surface area contributed by atoms with Gasteiger partial charge in [-0.2, -0.15) is 4.98 Å². The third kappa shape index (κ3) is 3.94. The van der Waals surface area contributed by atoms with Gasteiger partial charge in [0.25, 0.3) is 11.5 Å². The predicted octanol–water partition coefficient (Wildman–Crippen LogP) is 4.11. The summed E-state index contributed by atoms with van der Waals surface area (Å²) in [5, 5.41) is 0. The number of rotatable bonds is 5. The van der Waals surface area contributed by atoms with Gasteiger partial charge in [0.05, 0.1) is 12.0 Å². The highest BCUT2D eigenvalue weighted by Crippen LogP contribution is 2.36. The van der Waals surface area contributed by atoms with Gasteiger partial charge in [0, 0.05) is 12.2 Å². The molecule has 0 saturated carbocycles. The van der Waals surface area contributed by atoms with Crippen LogP contribution in [0.1, 0.15) is 19.4 Å². The largest absolute Gasteiger partial charge is 0.493 e. The summed E-state index contributed by atoms with van der Waals surface area (Å²) in [7, 11) is 1.53. The topological polar surface area (TPSA) is 73.1 Å². The summed E-state index contributed by atoms with van der Waals surface area (Å²) in [6.45, 7) is 3.77. The molecule has 3 aromatic rings. The quantitative estimate of drug-likeness (QED) is 0.425. The lowest BCUT2D eigenvalue weighted by Crippen LogP contribution is -2.34. The number of methoxy groups -OCH3 is 1. The van der Waals surface area contributed by atoms with Crippen LogP contribution in [0, 0.1) is 0 Å². The van der Waals surface area contributed by atoms with Gasteiger partial charge in [0.1, 0.15) is 15.5 Å². The van der Waals surface area contributed by atoms with Gasteiger partial charge >= 0.3 is 0 Å². The van der Waals surface area contributed by atoms with E-state index in [1.807, 2.05) is 19.9 Å². The van der Waals surface area contributed by atoms with E-state index >= 15 is 0 Å². The summed E-state index contributed by atoms with van der Waals surface area (Å²) in [5.41, 5.74) is 0.216. The number of aromatic nitrogens is 2. The Labute approximate surface area is 188 Å². The number of carbonyl (C=O) groups is 1. The Morgan fingerprint density at radius 1 is 1.10 bits per heavy atom. The second-order valence-electron chi connectivity index (χ2n) is 6.96. The van der Waals surface area contributed by atoms with Crippen molar-refractivity contribution in [2.24, 2.45) is 0 Å². The van der Waals surface area contributed by atoms with Crippen LogP contribution in [0.25, 0.3) is 11.7 Å². The third-order valence-corrected chi connectivity index (χ3v) is 5.96. The maximum absolute atomic E-state index is 13.3. The van der Waals surface area contributed by atoms with Crippen LogP contribution in [0.3, 0.4) is 0 Å². The van der Waals surface area contributed by atoms with Crippen LogP contribution in [0.2, 0.25) is 0 Å². The van der Waals surface area contributed by atoms with Gasteiger partial charge in [0.15, 0.2) is 11.5 Å². The minimum absolute atomic E-state index is 0.0792. The molecule has 9 heteroatoms. The number of amides is 1. The van der Waals surface area contributed by atoms with Crippen molar-refractivity contribution in [3.8, 4) is 17.4 Å². The molecule has 2 aromatic heterocycles. The molecule has 0 unspecified atom stereocenters. The van der Waals surface area contributed by atoms with E-state index in [1.54, 1.807) is 42.6 Å². The molecule has 1 aliphatic rings. The molecule has 3 heterocycles. The number of hydrogen-bond acceptors (Lipinski definition) is 7. The first-order valence-electron chi connectivity index (χ1n) is 9.50. The average Bonchev–Trinajstić information content (AvgIpc) is 3.04. The Balaban J connectivity index is 1.89. The van der Waals surface area contributed by atoms with Gasteiger partial charge in [-0.25, -0.2) is 0 Å². The zero-order valence-electron chi connectivity index (χ0n) is 17.1. The Kier molecular flexibility index (Phi) is 5.79. The molecule has 1 saturated heterocycles. The number of para-hydroxylation sites is 2. The van der Waals surface area contributed by atoms with Crippen LogP contribution in [0.15, 0.2) is 58.4 Å². The lowest BCUT2D eigenvalue weighted by molar-refractivity contribution is -0.123. The fraction of sp³-hybridized carbons (Fsp3) is 0.182. The van der Waals surface area contributed by atoms with Crippen molar-refractivity contribution in [2.45, 2.75) is 19.9 Å². The summed E-state index contributed by atoms with van der Waals surface area (Å²) in [6, 6.07) is 12.2. The molecule has 158 valence electrons. The zero-order chi connectivity index (χ0) is 22.1. The number of nitrogens with zero attached hydrogens (tertiary/aromatic N) is 3. The van der Waals surface area contributed by atoms with Gasteiger partial charge < -0.3 is 9.47 Å². The van der Waals surface area contributed by atoms with Gasteiger partial charge in [-0.3, -0.25) is 18.9 Å². The van der Waals surface area contributed by atoms with Gasteiger partial charge in [-0.15, -0.1) is 0 Å². The molecular formula is C22H19N3O4S2. The molecule has 0 spiro atoms. The molecule has 0 aliphatic carbocycles. The number of hydrogen-bond donors (Lipinski definition) is 0. The van der Waals surface area contributed by atoms with Gasteiger partial charge in [-0.05, 0) is 44.2 Å².